The van der Waals surface area contributed by atoms with E-state index in [1.54, 1.807) is 23.7 Å². The van der Waals surface area contributed by atoms with E-state index >= 15 is 0 Å². The first-order valence-electron chi connectivity index (χ1n) is 7.88. The first kappa shape index (κ1) is 18.4. The number of amides is 2. The van der Waals surface area contributed by atoms with E-state index in [1.807, 2.05) is 38.1 Å². The predicted octanol–water partition coefficient (Wildman–Crippen LogP) is 4.85. The molecule has 1 heterocycles. The van der Waals surface area contributed by atoms with Gasteiger partial charge < -0.3 is 14.7 Å². The lowest BCUT2D eigenvalue weighted by atomic mass is 10.2. The standard InChI is InChI=1S/C18H25N3O2S/c1-12-16(13(2)23-20-12)11-21(6)17(22)19-14-7-9-15(10-8-14)24-18(3,4)5/h7-10H,11H2,1-6H3,(H,19,22). The van der Waals surface area contributed by atoms with E-state index < -0.39 is 0 Å². The minimum Gasteiger partial charge on any atom is -0.361 e. The summed E-state index contributed by atoms with van der Waals surface area (Å²) in [5.74, 6) is 0.746. The van der Waals surface area contributed by atoms with Gasteiger partial charge in [0.15, 0.2) is 0 Å². The van der Waals surface area contributed by atoms with Gasteiger partial charge in [0.25, 0.3) is 0 Å². The molecule has 5 nitrogen and oxygen atoms in total. The number of nitrogens with one attached hydrogen (secondary N) is 1. The largest absolute Gasteiger partial charge is 0.361 e. The number of carbonyl (C=O) groups is 1. The Morgan fingerprint density at radius 2 is 1.88 bits per heavy atom. The van der Waals surface area contributed by atoms with Crippen molar-refractivity contribution in [1.29, 1.82) is 0 Å². The van der Waals surface area contributed by atoms with E-state index in [-0.39, 0.29) is 10.8 Å². The Balaban J connectivity index is 1.96. The molecule has 0 atom stereocenters. The van der Waals surface area contributed by atoms with Crippen LogP contribution in [0.25, 0.3) is 0 Å². The summed E-state index contributed by atoms with van der Waals surface area (Å²) in [5.41, 5.74) is 2.55. The Labute approximate surface area is 147 Å². The zero-order valence-corrected chi connectivity index (χ0v) is 16.0. The van der Waals surface area contributed by atoms with Crippen LogP contribution in [0, 0.1) is 13.8 Å². The molecule has 130 valence electrons. The minimum absolute atomic E-state index is 0.161. The Bertz CT molecular complexity index is 683. The van der Waals surface area contributed by atoms with Crippen molar-refractivity contribution in [3.8, 4) is 0 Å². The highest BCUT2D eigenvalue weighted by molar-refractivity contribution is 8.00. The second-order valence-electron chi connectivity index (χ2n) is 6.83. The molecule has 1 aromatic heterocycles. The first-order valence-corrected chi connectivity index (χ1v) is 8.70. The van der Waals surface area contributed by atoms with Crippen LogP contribution in [-0.2, 0) is 6.54 Å². The summed E-state index contributed by atoms with van der Waals surface area (Å²) in [6.45, 7) is 10.7. The summed E-state index contributed by atoms with van der Waals surface area (Å²) < 4.78 is 5.30. The average Bonchev–Trinajstić information content (AvgIpc) is 2.79. The number of carbonyl (C=O) groups excluding carboxylic acids is 1. The molecular weight excluding hydrogens is 322 g/mol. The monoisotopic (exact) mass is 347 g/mol. The van der Waals surface area contributed by atoms with Crippen molar-refractivity contribution in [2.24, 2.45) is 0 Å². The molecular formula is C18H25N3O2S. The Kier molecular flexibility index (Phi) is 5.59. The number of urea groups is 1. The second-order valence-corrected chi connectivity index (χ2v) is 8.73. The van der Waals surface area contributed by atoms with Gasteiger partial charge in [0.1, 0.15) is 5.76 Å². The maximum absolute atomic E-state index is 12.3. The molecule has 0 spiro atoms. The molecule has 0 saturated carbocycles. The van der Waals surface area contributed by atoms with Gasteiger partial charge >= 0.3 is 6.03 Å². The van der Waals surface area contributed by atoms with Gasteiger partial charge in [-0.05, 0) is 38.1 Å². The Morgan fingerprint density at radius 1 is 1.25 bits per heavy atom. The minimum atomic E-state index is -0.161. The van der Waals surface area contributed by atoms with Crippen molar-refractivity contribution in [2.45, 2.75) is 50.8 Å². The smallest absolute Gasteiger partial charge is 0.321 e. The molecule has 0 fully saturated rings. The molecule has 0 aliphatic carbocycles. The fourth-order valence-corrected chi connectivity index (χ4v) is 3.19. The third-order valence-corrected chi connectivity index (χ3v) is 4.57. The lowest BCUT2D eigenvalue weighted by Crippen LogP contribution is -2.31. The number of hydrogen-bond acceptors (Lipinski definition) is 4. The van der Waals surface area contributed by atoms with E-state index in [0.717, 1.165) is 22.7 Å². The van der Waals surface area contributed by atoms with Crippen LogP contribution < -0.4 is 5.32 Å². The van der Waals surface area contributed by atoms with Crippen LogP contribution in [0.4, 0.5) is 10.5 Å². The van der Waals surface area contributed by atoms with Gasteiger partial charge in [-0.3, -0.25) is 0 Å². The maximum atomic E-state index is 12.3. The third-order valence-electron chi connectivity index (χ3n) is 3.45. The molecule has 0 aliphatic rings. The zero-order chi connectivity index (χ0) is 17.9. The fraction of sp³-hybridized carbons (Fsp3) is 0.444. The van der Waals surface area contributed by atoms with E-state index in [4.69, 9.17) is 4.52 Å². The molecule has 2 amide bonds. The van der Waals surface area contributed by atoms with Gasteiger partial charge in [-0.15, -0.1) is 11.8 Å². The van der Waals surface area contributed by atoms with Crippen molar-refractivity contribution in [1.82, 2.24) is 10.1 Å². The van der Waals surface area contributed by atoms with Crippen molar-refractivity contribution < 1.29 is 9.32 Å². The van der Waals surface area contributed by atoms with Crippen molar-refractivity contribution in [2.75, 3.05) is 12.4 Å². The summed E-state index contributed by atoms with van der Waals surface area (Å²) in [5, 5.41) is 6.83. The molecule has 2 aromatic rings. The molecule has 0 radical (unpaired) electrons. The molecule has 0 aliphatic heterocycles. The van der Waals surface area contributed by atoms with Crippen molar-refractivity contribution in [3.05, 3.63) is 41.3 Å². The van der Waals surface area contributed by atoms with Gasteiger partial charge in [-0.25, -0.2) is 4.79 Å². The molecule has 1 aromatic carbocycles. The molecule has 1 N–H and O–H groups in total. The van der Waals surface area contributed by atoms with Crippen LogP contribution >= 0.6 is 11.8 Å². The zero-order valence-electron chi connectivity index (χ0n) is 15.1. The molecule has 6 heteroatoms. The van der Waals surface area contributed by atoms with E-state index in [0.29, 0.717) is 6.54 Å². The van der Waals surface area contributed by atoms with Gasteiger partial charge in [0.2, 0.25) is 0 Å². The van der Waals surface area contributed by atoms with Crippen LogP contribution in [0.15, 0.2) is 33.7 Å². The second kappa shape index (κ2) is 7.30. The van der Waals surface area contributed by atoms with Gasteiger partial charge in [0.05, 0.1) is 12.2 Å². The summed E-state index contributed by atoms with van der Waals surface area (Å²) in [6, 6.07) is 7.75. The number of benzene rings is 1. The summed E-state index contributed by atoms with van der Waals surface area (Å²) in [4.78, 5) is 15.1. The quantitative estimate of drug-likeness (QED) is 0.804. The highest BCUT2D eigenvalue weighted by Gasteiger charge is 2.16. The van der Waals surface area contributed by atoms with E-state index in [2.05, 4.69) is 31.2 Å². The highest BCUT2D eigenvalue weighted by Crippen LogP contribution is 2.32. The van der Waals surface area contributed by atoms with Crippen LogP contribution in [0.2, 0.25) is 0 Å². The van der Waals surface area contributed by atoms with Crippen LogP contribution in [0.5, 0.6) is 0 Å². The van der Waals surface area contributed by atoms with Gasteiger partial charge in [-0.2, -0.15) is 0 Å². The maximum Gasteiger partial charge on any atom is 0.321 e. The number of nitrogens with zero attached hydrogens (tertiary/aromatic N) is 2. The number of aryl methyl sites for hydroxylation is 2. The van der Waals surface area contributed by atoms with Crippen LogP contribution in [0.1, 0.15) is 37.8 Å². The summed E-state index contributed by atoms with van der Waals surface area (Å²) in [6.07, 6.45) is 0. The number of rotatable bonds is 4. The van der Waals surface area contributed by atoms with Crippen molar-refractivity contribution >= 4 is 23.5 Å². The lowest BCUT2D eigenvalue weighted by Gasteiger charge is -2.19. The first-order chi connectivity index (χ1) is 11.2. The molecule has 0 saturated heterocycles. The topological polar surface area (TPSA) is 58.4 Å². The number of anilines is 1. The lowest BCUT2D eigenvalue weighted by molar-refractivity contribution is 0.220. The Morgan fingerprint density at radius 3 is 2.38 bits per heavy atom. The number of hydrogen-bond donors (Lipinski definition) is 1. The van der Waals surface area contributed by atoms with Gasteiger partial charge in [-0.1, -0.05) is 25.9 Å². The van der Waals surface area contributed by atoms with Crippen LogP contribution in [-0.4, -0.2) is 27.9 Å². The predicted molar refractivity (Wildman–Crippen MR) is 98.5 cm³/mol. The summed E-state index contributed by atoms with van der Waals surface area (Å²) in [7, 11) is 1.75. The molecule has 2 rings (SSSR count). The molecule has 0 unspecified atom stereocenters. The van der Waals surface area contributed by atoms with Crippen molar-refractivity contribution in [3.63, 3.8) is 0 Å². The molecule has 24 heavy (non-hydrogen) atoms. The normalized spacial score (nSPS) is 11.4. The Hall–Kier alpha value is -1.95. The average molecular weight is 347 g/mol. The summed E-state index contributed by atoms with van der Waals surface area (Å²) >= 11 is 1.80. The van der Waals surface area contributed by atoms with E-state index in [1.165, 1.54) is 4.90 Å². The number of aromatic nitrogens is 1. The van der Waals surface area contributed by atoms with Crippen LogP contribution in [0.3, 0.4) is 0 Å². The number of thioether (sulfide) groups is 1. The SMILES string of the molecule is Cc1noc(C)c1CN(C)C(=O)Nc1ccc(SC(C)(C)C)cc1. The highest BCUT2D eigenvalue weighted by atomic mass is 32.2. The third kappa shape index (κ3) is 5.03. The fourth-order valence-electron chi connectivity index (χ4n) is 2.22. The van der Waals surface area contributed by atoms with Gasteiger partial charge in [0, 0.05) is 27.9 Å². The molecule has 0 bridgehead atoms. The van der Waals surface area contributed by atoms with E-state index in [9.17, 15) is 4.79 Å².